The van der Waals surface area contributed by atoms with Gasteiger partial charge in [-0.05, 0) is 62.0 Å². The van der Waals surface area contributed by atoms with Gasteiger partial charge in [0.15, 0.2) is 0 Å². The van der Waals surface area contributed by atoms with Crippen LogP contribution in [0.1, 0.15) is 16.5 Å². The summed E-state index contributed by atoms with van der Waals surface area (Å²) in [6.07, 6.45) is 0. The molecule has 0 radical (unpaired) electrons. The van der Waals surface area contributed by atoms with Gasteiger partial charge in [-0.3, -0.25) is 0 Å². The lowest BCUT2D eigenvalue weighted by atomic mass is 10.1. The Morgan fingerprint density at radius 2 is 2.06 bits per heavy atom. The van der Waals surface area contributed by atoms with Crippen molar-refractivity contribution in [3.63, 3.8) is 0 Å². The third-order valence-corrected chi connectivity index (χ3v) is 5.26. The number of benzene rings is 1. The van der Waals surface area contributed by atoms with Crippen LogP contribution in [0.15, 0.2) is 38.6 Å². The van der Waals surface area contributed by atoms with Crippen molar-refractivity contribution in [1.82, 2.24) is 5.32 Å². The van der Waals surface area contributed by atoms with E-state index in [2.05, 4.69) is 37.2 Å². The van der Waals surface area contributed by atoms with Crippen molar-refractivity contribution < 1.29 is 4.39 Å². The molecule has 0 aliphatic heterocycles. The summed E-state index contributed by atoms with van der Waals surface area (Å²) < 4.78 is 15.1. The zero-order valence-electron chi connectivity index (χ0n) is 9.01. The summed E-state index contributed by atoms with van der Waals surface area (Å²) in [6.45, 7) is 0. The molecule has 1 N–H and O–H groups in total. The van der Waals surface area contributed by atoms with Crippen molar-refractivity contribution in [1.29, 1.82) is 0 Å². The fourth-order valence-electron chi connectivity index (χ4n) is 1.68. The van der Waals surface area contributed by atoms with Gasteiger partial charge in [-0.15, -0.1) is 11.3 Å². The Bertz CT molecular complexity index is 527. The maximum Gasteiger partial charge on any atom is 0.137 e. The highest BCUT2D eigenvalue weighted by atomic mass is 79.9. The monoisotopic (exact) mass is 377 g/mol. The second-order valence-corrected chi connectivity index (χ2v) is 6.09. The third-order valence-electron chi connectivity index (χ3n) is 2.49. The molecular weight excluding hydrogens is 369 g/mol. The average Bonchev–Trinajstić information content (AvgIpc) is 2.72. The van der Waals surface area contributed by atoms with Crippen molar-refractivity contribution in [2.24, 2.45) is 0 Å². The first-order valence-electron chi connectivity index (χ1n) is 4.99. The molecule has 0 bridgehead atoms. The number of nitrogens with one attached hydrogen (secondary N) is 1. The number of rotatable bonds is 3. The molecule has 17 heavy (non-hydrogen) atoms. The van der Waals surface area contributed by atoms with E-state index in [9.17, 15) is 4.39 Å². The molecule has 1 nitrogen and oxygen atoms in total. The molecule has 0 amide bonds. The average molecular weight is 379 g/mol. The van der Waals surface area contributed by atoms with Crippen LogP contribution in [-0.2, 0) is 0 Å². The molecule has 0 spiro atoms. The van der Waals surface area contributed by atoms with Gasteiger partial charge < -0.3 is 5.32 Å². The molecule has 0 aliphatic carbocycles. The van der Waals surface area contributed by atoms with Gasteiger partial charge in [0.2, 0.25) is 0 Å². The lowest BCUT2D eigenvalue weighted by Crippen LogP contribution is -2.17. The number of hydrogen-bond donors (Lipinski definition) is 1. The number of halogens is 3. The zero-order chi connectivity index (χ0) is 12.4. The fraction of sp³-hybridized carbons (Fsp3) is 0.167. The molecule has 0 aliphatic rings. The normalized spacial score (nSPS) is 12.7. The van der Waals surface area contributed by atoms with Crippen LogP contribution in [0.25, 0.3) is 0 Å². The fourth-order valence-corrected chi connectivity index (χ4v) is 3.90. The lowest BCUT2D eigenvalue weighted by Gasteiger charge is -2.17. The molecule has 1 aromatic carbocycles. The van der Waals surface area contributed by atoms with Crippen LogP contribution in [0.2, 0.25) is 0 Å². The summed E-state index contributed by atoms with van der Waals surface area (Å²) in [5.74, 6) is -0.240. The summed E-state index contributed by atoms with van der Waals surface area (Å²) >= 11 is 8.45. The van der Waals surface area contributed by atoms with E-state index in [1.54, 1.807) is 17.4 Å². The minimum Gasteiger partial charge on any atom is -0.309 e. The van der Waals surface area contributed by atoms with Gasteiger partial charge in [-0.25, -0.2) is 4.39 Å². The highest BCUT2D eigenvalue weighted by molar-refractivity contribution is 9.10. The Labute approximate surface area is 120 Å². The second-order valence-electron chi connectivity index (χ2n) is 3.50. The molecule has 1 aromatic heterocycles. The Hall–Kier alpha value is -0.230. The highest BCUT2D eigenvalue weighted by Gasteiger charge is 2.20. The topological polar surface area (TPSA) is 12.0 Å². The minimum absolute atomic E-state index is 0.0190. The van der Waals surface area contributed by atoms with E-state index in [0.29, 0.717) is 4.47 Å². The van der Waals surface area contributed by atoms with Crippen molar-refractivity contribution >= 4 is 43.2 Å². The van der Waals surface area contributed by atoms with E-state index in [1.807, 2.05) is 24.6 Å². The molecule has 1 heterocycles. The third kappa shape index (κ3) is 2.62. The van der Waals surface area contributed by atoms with E-state index in [1.165, 1.54) is 6.07 Å². The summed E-state index contributed by atoms with van der Waals surface area (Å²) in [6, 6.07) is 7.07. The van der Waals surface area contributed by atoms with E-state index in [-0.39, 0.29) is 11.9 Å². The van der Waals surface area contributed by atoms with Crippen LogP contribution in [-0.4, -0.2) is 7.05 Å². The quantitative estimate of drug-likeness (QED) is 0.814. The summed E-state index contributed by atoms with van der Waals surface area (Å²) in [5.41, 5.74) is 0.899. The first-order chi connectivity index (χ1) is 8.15. The first kappa shape index (κ1) is 13.2. The zero-order valence-corrected chi connectivity index (χ0v) is 13.0. The Morgan fingerprint density at radius 1 is 1.29 bits per heavy atom. The van der Waals surface area contributed by atoms with Gasteiger partial charge in [0.05, 0.1) is 10.5 Å². The predicted octanol–water partition coefficient (Wildman–Crippen LogP) is 4.72. The van der Waals surface area contributed by atoms with Crippen molar-refractivity contribution in [3.05, 3.63) is 54.8 Å². The second kappa shape index (κ2) is 5.61. The summed E-state index contributed by atoms with van der Waals surface area (Å²) in [7, 11) is 1.87. The molecule has 1 unspecified atom stereocenters. The standard InChI is InChI=1S/C12H10Br2FNS/c1-16-11(12-8(13)5-6-17-12)7-3-2-4-9(15)10(7)14/h2-6,11,16H,1H3. The SMILES string of the molecule is CNC(c1cccc(F)c1Br)c1sccc1Br. The number of hydrogen-bond acceptors (Lipinski definition) is 2. The molecule has 2 aromatic rings. The molecule has 2 rings (SSSR count). The molecule has 0 fully saturated rings. The molecular formula is C12H10Br2FNS. The van der Waals surface area contributed by atoms with Gasteiger partial charge in [0.25, 0.3) is 0 Å². The maximum atomic E-state index is 13.5. The minimum atomic E-state index is -0.240. The Balaban J connectivity index is 2.50. The maximum absolute atomic E-state index is 13.5. The number of thiophene rings is 1. The highest BCUT2D eigenvalue weighted by Crippen LogP contribution is 2.36. The van der Waals surface area contributed by atoms with Crippen molar-refractivity contribution in [3.8, 4) is 0 Å². The van der Waals surface area contributed by atoms with Crippen LogP contribution in [0.5, 0.6) is 0 Å². The molecule has 5 heteroatoms. The van der Waals surface area contributed by atoms with Crippen molar-refractivity contribution in [2.45, 2.75) is 6.04 Å². The Kier molecular flexibility index (Phi) is 4.36. The smallest absolute Gasteiger partial charge is 0.137 e. The summed E-state index contributed by atoms with van der Waals surface area (Å²) in [4.78, 5) is 1.14. The van der Waals surface area contributed by atoms with Gasteiger partial charge in [-0.1, -0.05) is 12.1 Å². The predicted molar refractivity (Wildman–Crippen MR) is 77.0 cm³/mol. The first-order valence-corrected chi connectivity index (χ1v) is 7.45. The van der Waals surface area contributed by atoms with E-state index in [0.717, 1.165) is 14.9 Å². The summed E-state index contributed by atoms with van der Waals surface area (Å²) in [5, 5.41) is 5.22. The van der Waals surface area contributed by atoms with Gasteiger partial charge in [-0.2, -0.15) is 0 Å². The molecule has 90 valence electrons. The molecule has 0 saturated heterocycles. The molecule has 1 atom stereocenters. The van der Waals surface area contributed by atoms with Gasteiger partial charge >= 0.3 is 0 Å². The van der Waals surface area contributed by atoms with Crippen LogP contribution in [0.4, 0.5) is 4.39 Å². The Morgan fingerprint density at radius 3 is 2.65 bits per heavy atom. The van der Waals surface area contributed by atoms with E-state index >= 15 is 0 Å². The van der Waals surface area contributed by atoms with Crippen molar-refractivity contribution in [2.75, 3.05) is 7.05 Å². The van der Waals surface area contributed by atoms with E-state index < -0.39 is 0 Å². The molecule has 0 saturated carbocycles. The van der Waals surface area contributed by atoms with Crippen LogP contribution in [0, 0.1) is 5.82 Å². The van der Waals surface area contributed by atoms with Gasteiger partial charge in [0.1, 0.15) is 5.82 Å². The van der Waals surface area contributed by atoms with E-state index in [4.69, 9.17) is 0 Å². The van der Waals surface area contributed by atoms with Crippen LogP contribution in [0.3, 0.4) is 0 Å². The van der Waals surface area contributed by atoms with Gasteiger partial charge in [0, 0.05) is 9.35 Å². The lowest BCUT2D eigenvalue weighted by molar-refractivity contribution is 0.609. The van der Waals surface area contributed by atoms with Crippen LogP contribution < -0.4 is 5.32 Å². The van der Waals surface area contributed by atoms with Crippen LogP contribution >= 0.6 is 43.2 Å². The largest absolute Gasteiger partial charge is 0.309 e.